The average Bonchev–Trinajstić information content (AvgIpc) is 2.81. The first-order chi connectivity index (χ1) is 6.27. The Labute approximate surface area is 80.7 Å². The van der Waals surface area contributed by atoms with Crippen molar-refractivity contribution < 1.29 is 5.11 Å². The maximum absolute atomic E-state index is 8.89. The minimum absolute atomic E-state index is 0.380. The van der Waals surface area contributed by atoms with Crippen molar-refractivity contribution in [2.45, 2.75) is 32.6 Å². The highest BCUT2D eigenvalue weighted by Gasteiger charge is 2.53. The molecule has 0 spiro atoms. The predicted octanol–water partition coefficient (Wildman–Crippen LogP) is 1.39. The number of aliphatic hydroxyl groups excluding tert-OH is 1. The maximum Gasteiger partial charge on any atom is 0.0433 e. The molecule has 76 valence electrons. The van der Waals surface area contributed by atoms with Crippen LogP contribution >= 0.6 is 0 Å². The quantitative estimate of drug-likeness (QED) is 0.693. The van der Waals surface area contributed by atoms with Crippen molar-refractivity contribution in [2.75, 3.05) is 19.7 Å². The van der Waals surface area contributed by atoms with Gasteiger partial charge in [-0.2, -0.15) is 0 Å². The summed E-state index contributed by atoms with van der Waals surface area (Å²) in [5.74, 6) is 1.74. The highest BCUT2D eigenvalue weighted by Crippen LogP contribution is 2.61. The maximum atomic E-state index is 8.89. The van der Waals surface area contributed by atoms with Crippen molar-refractivity contribution in [3.05, 3.63) is 0 Å². The summed E-state index contributed by atoms with van der Waals surface area (Å²) in [7, 11) is 0. The Morgan fingerprint density at radius 2 is 2.08 bits per heavy atom. The third-order valence-electron chi connectivity index (χ3n) is 4.21. The average molecular weight is 183 g/mol. The molecule has 1 saturated heterocycles. The number of rotatable bonds is 3. The van der Waals surface area contributed by atoms with E-state index < -0.39 is 0 Å². The zero-order valence-corrected chi connectivity index (χ0v) is 8.55. The third-order valence-corrected chi connectivity index (χ3v) is 4.21. The monoisotopic (exact) mass is 183 g/mol. The number of piperidine rings is 1. The van der Waals surface area contributed by atoms with Crippen LogP contribution in [0.5, 0.6) is 0 Å². The Hall–Kier alpha value is -0.0800. The lowest BCUT2D eigenvalue weighted by atomic mass is 9.81. The molecule has 0 amide bonds. The Balaban J connectivity index is 1.86. The minimum atomic E-state index is 0.380. The van der Waals surface area contributed by atoms with Gasteiger partial charge in [-0.1, -0.05) is 6.92 Å². The van der Waals surface area contributed by atoms with Gasteiger partial charge >= 0.3 is 0 Å². The first-order valence-electron chi connectivity index (χ1n) is 5.59. The van der Waals surface area contributed by atoms with E-state index in [2.05, 4.69) is 12.2 Å². The summed E-state index contributed by atoms with van der Waals surface area (Å²) in [6.45, 7) is 5.20. The normalized spacial score (nSPS) is 40.6. The molecular weight excluding hydrogens is 162 g/mol. The van der Waals surface area contributed by atoms with Gasteiger partial charge in [0.2, 0.25) is 0 Å². The van der Waals surface area contributed by atoms with E-state index in [0.29, 0.717) is 12.0 Å². The molecule has 2 atom stereocenters. The second-order valence-electron chi connectivity index (χ2n) is 4.94. The lowest BCUT2D eigenvalue weighted by Crippen LogP contribution is -2.32. The predicted molar refractivity (Wildman–Crippen MR) is 53.5 cm³/mol. The van der Waals surface area contributed by atoms with Crippen LogP contribution in [0.4, 0.5) is 0 Å². The van der Waals surface area contributed by atoms with Crippen LogP contribution in [0.1, 0.15) is 32.6 Å². The molecule has 0 radical (unpaired) electrons. The van der Waals surface area contributed by atoms with E-state index in [1.54, 1.807) is 0 Å². The van der Waals surface area contributed by atoms with E-state index in [-0.39, 0.29) is 0 Å². The molecule has 1 aliphatic carbocycles. The fourth-order valence-electron chi connectivity index (χ4n) is 3.04. The highest BCUT2D eigenvalue weighted by atomic mass is 16.3. The molecule has 0 aromatic carbocycles. The van der Waals surface area contributed by atoms with Crippen LogP contribution in [0.15, 0.2) is 0 Å². The van der Waals surface area contributed by atoms with E-state index >= 15 is 0 Å². The molecule has 0 aromatic rings. The van der Waals surface area contributed by atoms with Crippen molar-refractivity contribution in [2.24, 2.45) is 17.3 Å². The second kappa shape index (κ2) is 3.58. The van der Waals surface area contributed by atoms with Gasteiger partial charge in [-0.05, 0) is 56.0 Å². The van der Waals surface area contributed by atoms with Crippen LogP contribution < -0.4 is 5.32 Å². The van der Waals surface area contributed by atoms with Gasteiger partial charge in [-0.25, -0.2) is 0 Å². The van der Waals surface area contributed by atoms with Gasteiger partial charge in [0.05, 0.1) is 0 Å². The number of nitrogens with one attached hydrogen (secondary N) is 1. The summed E-state index contributed by atoms with van der Waals surface area (Å²) in [6, 6.07) is 0. The number of hydrogen-bond donors (Lipinski definition) is 2. The van der Waals surface area contributed by atoms with E-state index in [9.17, 15) is 0 Å². The first-order valence-corrected chi connectivity index (χ1v) is 5.59. The second-order valence-corrected chi connectivity index (χ2v) is 4.94. The van der Waals surface area contributed by atoms with E-state index in [0.717, 1.165) is 18.3 Å². The van der Waals surface area contributed by atoms with Crippen LogP contribution in [-0.2, 0) is 0 Å². The van der Waals surface area contributed by atoms with E-state index in [4.69, 9.17) is 5.11 Å². The first kappa shape index (κ1) is 9.47. The molecule has 0 aromatic heterocycles. The zero-order chi connectivity index (χ0) is 9.31. The summed E-state index contributed by atoms with van der Waals surface area (Å²) >= 11 is 0. The summed E-state index contributed by atoms with van der Waals surface area (Å²) < 4.78 is 0. The van der Waals surface area contributed by atoms with Crippen molar-refractivity contribution in [1.29, 1.82) is 0 Å². The molecule has 2 nitrogen and oxygen atoms in total. The van der Waals surface area contributed by atoms with Gasteiger partial charge in [-0.15, -0.1) is 0 Å². The van der Waals surface area contributed by atoms with Crippen LogP contribution in [-0.4, -0.2) is 24.8 Å². The van der Waals surface area contributed by atoms with E-state index in [1.807, 2.05) is 0 Å². The number of hydrogen-bond acceptors (Lipinski definition) is 2. The summed E-state index contributed by atoms with van der Waals surface area (Å²) in [6.07, 6.45) is 5.08. The zero-order valence-electron chi connectivity index (χ0n) is 8.55. The van der Waals surface area contributed by atoms with Crippen molar-refractivity contribution >= 4 is 0 Å². The molecule has 2 N–H and O–H groups in total. The number of aliphatic hydroxyl groups is 1. The highest BCUT2D eigenvalue weighted by molar-refractivity contribution is 5.03. The summed E-state index contributed by atoms with van der Waals surface area (Å²) in [5, 5.41) is 12.3. The Kier molecular flexibility index (Phi) is 2.61. The molecule has 1 unspecified atom stereocenters. The van der Waals surface area contributed by atoms with Crippen LogP contribution in [0.25, 0.3) is 0 Å². The Morgan fingerprint density at radius 3 is 2.69 bits per heavy atom. The van der Waals surface area contributed by atoms with Gasteiger partial charge in [0.25, 0.3) is 0 Å². The lowest BCUT2D eigenvalue weighted by molar-refractivity contribution is 0.215. The molecule has 13 heavy (non-hydrogen) atoms. The topological polar surface area (TPSA) is 32.3 Å². The summed E-state index contributed by atoms with van der Waals surface area (Å²) in [4.78, 5) is 0. The molecule has 1 saturated carbocycles. The van der Waals surface area contributed by atoms with Crippen molar-refractivity contribution in [1.82, 2.24) is 5.32 Å². The van der Waals surface area contributed by atoms with Gasteiger partial charge in [-0.3, -0.25) is 0 Å². The largest absolute Gasteiger partial charge is 0.396 e. The van der Waals surface area contributed by atoms with Crippen molar-refractivity contribution in [3.8, 4) is 0 Å². The molecular formula is C11H21NO. The van der Waals surface area contributed by atoms with Gasteiger partial charge < -0.3 is 10.4 Å². The molecule has 1 aliphatic heterocycles. The summed E-state index contributed by atoms with van der Waals surface area (Å²) in [5.41, 5.74) is 0.588. The molecule has 2 rings (SSSR count). The molecule has 2 aliphatic rings. The smallest absolute Gasteiger partial charge is 0.0433 e. The Bertz CT molecular complexity index is 177. The fourth-order valence-corrected chi connectivity index (χ4v) is 3.04. The molecule has 0 bridgehead atoms. The molecule has 2 fully saturated rings. The molecule has 2 heteroatoms. The molecule has 1 heterocycles. The Morgan fingerprint density at radius 1 is 1.38 bits per heavy atom. The lowest BCUT2D eigenvalue weighted by Gasteiger charge is -2.29. The van der Waals surface area contributed by atoms with Gasteiger partial charge in [0.15, 0.2) is 0 Å². The standard InChI is InChI=1S/C11H21NO/c1-11(8-10(11)4-7-13)9-2-5-12-6-3-9/h9-10,12-13H,2-8H2,1H3/t10-,11?/m1/s1. The van der Waals surface area contributed by atoms with Crippen LogP contribution in [0, 0.1) is 17.3 Å². The SMILES string of the molecule is CC1(C2CCNCC2)C[C@H]1CCO. The van der Waals surface area contributed by atoms with Crippen LogP contribution in [0.2, 0.25) is 0 Å². The third kappa shape index (κ3) is 1.75. The van der Waals surface area contributed by atoms with E-state index in [1.165, 1.54) is 32.4 Å². The van der Waals surface area contributed by atoms with Gasteiger partial charge in [0.1, 0.15) is 0 Å². The van der Waals surface area contributed by atoms with Crippen LogP contribution in [0.3, 0.4) is 0 Å². The minimum Gasteiger partial charge on any atom is -0.396 e. The fraction of sp³-hybridized carbons (Fsp3) is 1.00. The van der Waals surface area contributed by atoms with Crippen molar-refractivity contribution in [3.63, 3.8) is 0 Å². The van der Waals surface area contributed by atoms with Gasteiger partial charge in [0, 0.05) is 6.61 Å².